The van der Waals surface area contributed by atoms with Crippen LogP contribution >= 0.6 is 0 Å². The van der Waals surface area contributed by atoms with Gasteiger partial charge in [0.25, 0.3) is 0 Å². The molecule has 33 heavy (non-hydrogen) atoms. The third-order valence-electron chi connectivity index (χ3n) is 5.17. The highest BCUT2D eigenvalue weighted by Crippen LogP contribution is 2.24. The Hall–Kier alpha value is -3.73. The summed E-state index contributed by atoms with van der Waals surface area (Å²) in [4.78, 5) is 26.6. The van der Waals surface area contributed by atoms with Crippen molar-refractivity contribution in [1.82, 2.24) is 19.5 Å². The number of aromatic nitrogens is 4. The highest BCUT2D eigenvalue weighted by molar-refractivity contribution is 5.71. The fourth-order valence-corrected chi connectivity index (χ4v) is 3.53. The predicted molar refractivity (Wildman–Crippen MR) is 114 cm³/mol. The second-order valence-electron chi connectivity index (χ2n) is 7.41. The van der Waals surface area contributed by atoms with Gasteiger partial charge in [0.15, 0.2) is 0 Å². The summed E-state index contributed by atoms with van der Waals surface area (Å²) >= 11 is 0. The van der Waals surface area contributed by atoms with E-state index in [4.69, 9.17) is 0 Å². The number of halogens is 3. The lowest BCUT2D eigenvalue weighted by molar-refractivity contribution is -0.0528. The van der Waals surface area contributed by atoms with Crippen molar-refractivity contribution in [3.63, 3.8) is 0 Å². The monoisotopic (exact) mass is 459 g/mol. The van der Waals surface area contributed by atoms with Crippen molar-refractivity contribution in [2.75, 3.05) is 18.0 Å². The fourth-order valence-electron chi connectivity index (χ4n) is 3.53. The average Bonchev–Trinajstić information content (AvgIpc) is 2.77. The summed E-state index contributed by atoms with van der Waals surface area (Å²) in [6, 6.07) is 8.67. The number of anilines is 1. The molecular formula is C22H20F3N5O3. The maximum absolute atomic E-state index is 13.2. The Balaban J connectivity index is 1.50. The number of hydrogen-bond donors (Lipinski definition) is 1. The van der Waals surface area contributed by atoms with Crippen molar-refractivity contribution in [2.24, 2.45) is 0 Å². The SMILES string of the molecule is Cc1nc(N2CC=C(c3ccc(F)cc3)[C@@H](O)C2)nc(=O)n1Cc1ccc(OC(F)F)nc1. The molecule has 1 N–H and O–H groups in total. The van der Waals surface area contributed by atoms with Crippen molar-refractivity contribution >= 4 is 11.5 Å². The molecule has 0 radical (unpaired) electrons. The van der Waals surface area contributed by atoms with Gasteiger partial charge >= 0.3 is 12.3 Å². The molecule has 1 atom stereocenters. The largest absolute Gasteiger partial charge is 0.417 e. The summed E-state index contributed by atoms with van der Waals surface area (Å²) in [6.45, 7) is -0.688. The van der Waals surface area contributed by atoms with E-state index in [1.807, 2.05) is 0 Å². The van der Waals surface area contributed by atoms with Crippen molar-refractivity contribution in [3.8, 4) is 5.88 Å². The zero-order valence-corrected chi connectivity index (χ0v) is 17.5. The van der Waals surface area contributed by atoms with E-state index in [1.54, 1.807) is 30.0 Å². The topological polar surface area (TPSA) is 93.4 Å². The van der Waals surface area contributed by atoms with Gasteiger partial charge in [0.05, 0.1) is 19.2 Å². The molecule has 172 valence electrons. The maximum Gasteiger partial charge on any atom is 0.388 e. The molecular weight excluding hydrogens is 439 g/mol. The molecule has 2 aromatic heterocycles. The Morgan fingerprint density at radius 2 is 1.94 bits per heavy atom. The zero-order valence-electron chi connectivity index (χ0n) is 17.5. The second-order valence-corrected chi connectivity index (χ2v) is 7.41. The number of aryl methyl sites for hydroxylation is 1. The number of aliphatic hydroxyl groups is 1. The predicted octanol–water partition coefficient (Wildman–Crippen LogP) is 2.40. The van der Waals surface area contributed by atoms with Crippen LogP contribution in [0.2, 0.25) is 0 Å². The van der Waals surface area contributed by atoms with Crippen molar-refractivity contribution in [1.29, 1.82) is 0 Å². The van der Waals surface area contributed by atoms with Gasteiger partial charge in [-0.2, -0.15) is 18.7 Å². The summed E-state index contributed by atoms with van der Waals surface area (Å²) in [5.74, 6) is -0.00761. The van der Waals surface area contributed by atoms with Crippen molar-refractivity contribution in [3.05, 3.63) is 81.9 Å². The molecule has 8 nitrogen and oxygen atoms in total. The number of nitrogens with zero attached hydrogens (tertiary/aromatic N) is 5. The first-order valence-electron chi connectivity index (χ1n) is 10.0. The number of alkyl halides is 2. The summed E-state index contributed by atoms with van der Waals surface area (Å²) in [5.41, 5.74) is 1.42. The lowest BCUT2D eigenvalue weighted by atomic mass is 9.97. The van der Waals surface area contributed by atoms with Gasteiger partial charge in [-0.3, -0.25) is 4.57 Å². The van der Waals surface area contributed by atoms with E-state index in [-0.39, 0.29) is 30.7 Å². The highest BCUT2D eigenvalue weighted by atomic mass is 19.3. The molecule has 0 saturated carbocycles. The molecule has 1 aliphatic rings. The van der Waals surface area contributed by atoms with Crippen LogP contribution in [0.4, 0.5) is 19.1 Å². The smallest absolute Gasteiger partial charge is 0.388 e. The third kappa shape index (κ3) is 5.20. The number of ether oxygens (including phenoxy) is 1. The highest BCUT2D eigenvalue weighted by Gasteiger charge is 2.24. The number of aliphatic hydroxyl groups excluding tert-OH is 1. The third-order valence-corrected chi connectivity index (χ3v) is 5.17. The molecule has 1 aliphatic heterocycles. The first kappa shape index (κ1) is 22.5. The van der Waals surface area contributed by atoms with Crippen LogP contribution in [0.3, 0.4) is 0 Å². The van der Waals surface area contributed by atoms with Gasteiger partial charge in [0, 0.05) is 18.8 Å². The van der Waals surface area contributed by atoms with Gasteiger partial charge in [0.2, 0.25) is 11.8 Å². The molecule has 0 unspecified atom stereocenters. The molecule has 0 saturated heterocycles. The normalized spacial score (nSPS) is 16.1. The molecule has 0 spiro atoms. The van der Waals surface area contributed by atoms with Crippen LogP contribution in [0.15, 0.2) is 53.5 Å². The van der Waals surface area contributed by atoms with E-state index >= 15 is 0 Å². The lowest BCUT2D eigenvalue weighted by Gasteiger charge is -2.30. The molecule has 3 aromatic rings. The van der Waals surface area contributed by atoms with Gasteiger partial charge in [-0.15, -0.1) is 0 Å². The molecule has 1 aromatic carbocycles. The number of benzene rings is 1. The standard InChI is InChI=1S/C22H20F3N5O3/c1-13-27-21(29-9-8-17(18(31)12-29)15-3-5-16(23)6-4-15)28-22(32)30(13)11-14-2-7-19(26-10-14)33-20(24)25/h2-8,10,18,20,31H,9,11-12H2,1H3/t18-/m0/s1. The summed E-state index contributed by atoms with van der Waals surface area (Å²) in [6.07, 6.45) is 2.26. The molecule has 4 rings (SSSR count). The van der Waals surface area contributed by atoms with E-state index in [2.05, 4.69) is 19.7 Å². The van der Waals surface area contributed by atoms with E-state index in [9.17, 15) is 23.1 Å². The maximum atomic E-state index is 13.2. The molecule has 0 fully saturated rings. The molecule has 0 bridgehead atoms. The molecule has 0 aliphatic carbocycles. The Labute approximate surface area is 186 Å². The Morgan fingerprint density at radius 3 is 2.55 bits per heavy atom. The minimum absolute atomic E-state index is 0.101. The number of pyridine rings is 1. The van der Waals surface area contributed by atoms with E-state index < -0.39 is 18.4 Å². The molecule has 3 heterocycles. The number of rotatable bonds is 6. The van der Waals surface area contributed by atoms with E-state index in [1.165, 1.54) is 35.0 Å². The van der Waals surface area contributed by atoms with Crippen LogP contribution in [0.5, 0.6) is 5.88 Å². The van der Waals surface area contributed by atoms with Gasteiger partial charge in [-0.1, -0.05) is 24.3 Å². The van der Waals surface area contributed by atoms with Crippen molar-refractivity contribution in [2.45, 2.75) is 26.2 Å². The Kier molecular flexibility index (Phi) is 6.40. The fraction of sp³-hybridized carbons (Fsp3) is 0.273. The van der Waals surface area contributed by atoms with Crippen LogP contribution in [-0.4, -0.2) is 50.4 Å². The Bertz CT molecular complexity index is 1210. The van der Waals surface area contributed by atoms with Gasteiger partial charge in [-0.05, 0) is 35.8 Å². The van der Waals surface area contributed by atoms with Crippen LogP contribution in [0, 0.1) is 12.7 Å². The summed E-state index contributed by atoms with van der Waals surface area (Å²) in [7, 11) is 0. The van der Waals surface area contributed by atoms with Gasteiger partial charge in [-0.25, -0.2) is 14.2 Å². The van der Waals surface area contributed by atoms with Gasteiger partial charge in [0.1, 0.15) is 11.6 Å². The average molecular weight is 459 g/mol. The Morgan fingerprint density at radius 1 is 1.18 bits per heavy atom. The van der Waals surface area contributed by atoms with Crippen LogP contribution < -0.4 is 15.3 Å². The minimum atomic E-state index is -2.97. The quantitative estimate of drug-likeness (QED) is 0.605. The molecule has 11 heteroatoms. The first-order valence-corrected chi connectivity index (χ1v) is 10.0. The van der Waals surface area contributed by atoms with Crippen LogP contribution in [0.25, 0.3) is 5.57 Å². The van der Waals surface area contributed by atoms with Crippen LogP contribution in [0.1, 0.15) is 17.0 Å². The lowest BCUT2D eigenvalue weighted by Crippen LogP contribution is -2.40. The first-order chi connectivity index (χ1) is 15.8. The second kappa shape index (κ2) is 9.41. The number of hydrogen-bond acceptors (Lipinski definition) is 7. The minimum Gasteiger partial charge on any atom is -0.417 e. The van der Waals surface area contributed by atoms with E-state index in [0.717, 1.165) is 5.56 Å². The summed E-state index contributed by atoms with van der Waals surface area (Å²) < 4.78 is 43.2. The zero-order chi connectivity index (χ0) is 23.5. The number of β-amino-alcohol motifs (C(OH)–C–C–N with tert-alkyl or cyclic N) is 1. The van der Waals surface area contributed by atoms with Gasteiger partial charge < -0.3 is 14.7 Å². The summed E-state index contributed by atoms with van der Waals surface area (Å²) in [5, 5.41) is 10.6. The molecule has 0 amide bonds. The van der Waals surface area contributed by atoms with Crippen LogP contribution in [-0.2, 0) is 6.54 Å². The van der Waals surface area contributed by atoms with E-state index in [0.29, 0.717) is 23.5 Å². The van der Waals surface area contributed by atoms with Crippen molar-refractivity contribution < 1.29 is 23.0 Å².